The molecule has 5 rings (SSSR count). The maximum atomic E-state index is 14.0. The molecule has 0 aliphatic heterocycles. The Labute approximate surface area is 226 Å². The van der Waals surface area contributed by atoms with Crippen LogP contribution in [0.1, 0.15) is 82.0 Å². The maximum Gasteiger partial charge on any atom is 0.243 e. The largest absolute Gasteiger partial charge is 0.356 e. The average molecular weight is 515 g/mol. The first kappa shape index (κ1) is 26.5. The molecule has 2 aliphatic rings. The molecular formula is C32H42N4O2. The Morgan fingerprint density at radius 3 is 2.16 bits per heavy atom. The Morgan fingerprint density at radius 2 is 1.47 bits per heavy atom. The van der Waals surface area contributed by atoms with Gasteiger partial charge in [-0.15, -0.1) is 0 Å². The van der Waals surface area contributed by atoms with Gasteiger partial charge in [0.05, 0.1) is 17.5 Å². The number of hydrogen-bond donors (Lipinski definition) is 1. The van der Waals surface area contributed by atoms with Crippen molar-refractivity contribution in [1.29, 1.82) is 0 Å². The molecule has 0 unspecified atom stereocenters. The van der Waals surface area contributed by atoms with Crippen molar-refractivity contribution in [3.63, 3.8) is 0 Å². The first-order valence-corrected chi connectivity index (χ1v) is 14.7. The van der Waals surface area contributed by atoms with Crippen molar-refractivity contribution >= 4 is 22.8 Å². The summed E-state index contributed by atoms with van der Waals surface area (Å²) >= 11 is 0. The van der Waals surface area contributed by atoms with Gasteiger partial charge >= 0.3 is 0 Å². The lowest BCUT2D eigenvalue weighted by molar-refractivity contribution is -0.138. The zero-order valence-corrected chi connectivity index (χ0v) is 22.6. The van der Waals surface area contributed by atoms with Crippen LogP contribution in [0.15, 0.2) is 54.6 Å². The molecule has 2 fully saturated rings. The molecule has 3 aromatic rings. The second-order valence-corrected chi connectivity index (χ2v) is 11.1. The van der Waals surface area contributed by atoms with Crippen molar-refractivity contribution in [3.8, 4) is 0 Å². The summed E-state index contributed by atoms with van der Waals surface area (Å²) in [5.41, 5.74) is 2.98. The van der Waals surface area contributed by atoms with Gasteiger partial charge in [-0.05, 0) is 49.8 Å². The summed E-state index contributed by atoms with van der Waals surface area (Å²) in [6.45, 7) is 0.947. The van der Waals surface area contributed by atoms with Gasteiger partial charge < -0.3 is 14.8 Å². The number of aromatic nitrogens is 2. The lowest BCUT2D eigenvalue weighted by atomic mass is 9.88. The summed E-state index contributed by atoms with van der Waals surface area (Å²) in [6, 6.07) is 18.7. The molecule has 2 amide bonds. The highest BCUT2D eigenvalue weighted by Crippen LogP contribution is 2.31. The number of nitrogens with one attached hydrogen (secondary N) is 1. The van der Waals surface area contributed by atoms with Gasteiger partial charge in [0, 0.05) is 25.0 Å². The molecule has 2 aromatic carbocycles. The Balaban J connectivity index is 1.26. The molecule has 0 radical (unpaired) electrons. The summed E-state index contributed by atoms with van der Waals surface area (Å²) in [4.78, 5) is 33.6. The van der Waals surface area contributed by atoms with Crippen LogP contribution in [0.5, 0.6) is 0 Å². The van der Waals surface area contributed by atoms with Gasteiger partial charge in [0.25, 0.3) is 0 Å². The lowest BCUT2D eigenvalue weighted by Crippen LogP contribution is -2.50. The summed E-state index contributed by atoms with van der Waals surface area (Å²) < 4.78 is 2.14. The number of benzene rings is 2. The Morgan fingerprint density at radius 1 is 0.842 bits per heavy atom. The SMILES string of the molecule is O=C(Cc1ccccc1)NCCCc1nc2ccccc2n1CC(=O)N(C1CCCCC1)C1CCCCC1. The third-order valence-corrected chi connectivity index (χ3v) is 8.36. The van der Waals surface area contributed by atoms with Crippen molar-refractivity contribution < 1.29 is 9.59 Å². The van der Waals surface area contributed by atoms with Crippen LogP contribution in [-0.2, 0) is 29.0 Å². The summed E-state index contributed by atoms with van der Waals surface area (Å²) in [5, 5.41) is 3.05. The van der Waals surface area contributed by atoms with E-state index in [0.717, 1.165) is 60.9 Å². The van der Waals surface area contributed by atoms with Gasteiger partial charge in [-0.1, -0.05) is 81.0 Å². The van der Waals surface area contributed by atoms with Crippen LogP contribution in [0, 0.1) is 0 Å². The van der Waals surface area contributed by atoms with Gasteiger partial charge in [0.15, 0.2) is 0 Å². The first-order chi connectivity index (χ1) is 18.7. The van der Waals surface area contributed by atoms with E-state index in [1.807, 2.05) is 48.5 Å². The zero-order valence-electron chi connectivity index (χ0n) is 22.6. The topological polar surface area (TPSA) is 67.2 Å². The summed E-state index contributed by atoms with van der Waals surface area (Å²) in [6.07, 6.45) is 14.0. The molecule has 0 saturated heterocycles. The second-order valence-electron chi connectivity index (χ2n) is 11.1. The molecule has 38 heavy (non-hydrogen) atoms. The Kier molecular flexibility index (Phi) is 9.11. The van der Waals surface area contributed by atoms with E-state index in [1.54, 1.807) is 0 Å². The smallest absolute Gasteiger partial charge is 0.243 e. The molecule has 202 valence electrons. The highest BCUT2D eigenvalue weighted by molar-refractivity contribution is 5.81. The highest BCUT2D eigenvalue weighted by atomic mass is 16.2. The zero-order chi connectivity index (χ0) is 26.2. The van der Waals surface area contributed by atoms with E-state index >= 15 is 0 Å². The molecule has 1 aromatic heterocycles. The first-order valence-electron chi connectivity index (χ1n) is 14.7. The monoisotopic (exact) mass is 514 g/mol. The van der Waals surface area contributed by atoms with Crippen LogP contribution < -0.4 is 5.32 Å². The fraction of sp³-hybridized carbons (Fsp3) is 0.531. The molecule has 0 spiro atoms. The minimum absolute atomic E-state index is 0.0375. The van der Waals surface area contributed by atoms with Crippen LogP contribution in [0.4, 0.5) is 0 Å². The van der Waals surface area contributed by atoms with Crippen LogP contribution in [0.25, 0.3) is 11.0 Å². The number of nitrogens with zero attached hydrogens (tertiary/aromatic N) is 3. The molecule has 6 nitrogen and oxygen atoms in total. The molecule has 0 bridgehead atoms. The van der Waals surface area contributed by atoms with Crippen LogP contribution in [0.3, 0.4) is 0 Å². The minimum Gasteiger partial charge on any atom is -0.356 e. The maximum absolute atomic E-state index is 14.0. The van der Waals surface area contributed by atoms with Crippen molar-refractivity contribution in [1.82, 2.24) is 19.8 Å². The lowest BCUT2D eigenvalue weighted by Gasteiger charge is -2.42. The molecular weight excluding hydrogens is 472 g/mol. The van der Waals surface area contributed by atoms with Gasteiger partial charge in [-0.3, -0.25) is 9.59 Å². The molecule has 2 saturated carbocycles. The molecule has 0 atom stereocenters. The number of para-hydroxylation sites is 2. The van der Waals surface area contributed by atoms with Crippen LogP contribution in [-0.4, -0.2) is 44.9 Å². The van der Waals surface area contributed by atoms with Crippen LogP contribution >= 0.6 is 0 Å². The highest BCUT2D eigenvalue weighted by Gasteiger charge is 2.33. The predicted molar refractivity (Wildman–Crippen MR) is 152 cm³/mol. The second kappa shape index (κ2) is 13.1. The van der Waals surface area contributed by atoms with E-state index in [1.165, 1.54) is 38.5 Å². The number of imidazole rings is 1. The number of aryl methyl sites for hydroxylation is 1. The minimum atomic E-state index is 0.0375. The molecule has 1 heterocycles. The van der Waals surface area contributed by atoms with E-state index in [0.29, 0.717) is 31.6 Å². The number of hydrogen-bond acceptors (Lipinski definition) is 3. The van der Waals surface area contributed by atoms with Gasteiger partial charge in [0.1, 0.15) is 12.4 Å². The van der Waals surface area contributed by atoms with Crippen LogP contribution in [0.2, 0.25) is 0 Å². The molecule has 1 N–H and O–H groups in total. The number of carbonyl (C=O) groups is 2. The number of carbonyl (C=O) groups excluding carboxylic acids is 2. The van der Waals surface area contributed by atoms with E-state index in [2.05, 4.69) is 20.9 Å². The average Bonchev–Trinajstić information content (AvgIpc) is 3.30. The van der Waals surface area contributed by atoms with Gasteiger partial charge in [-0.25, -0.2) is 4.98 Å². The quantitative estimate of drug-likeness (QED) is 0.347. The van der Waals surface area contributed by atoms with Crippen molar-refractivity contribution in [3.05, 3.63) is 66.0 Å². The van der Waals surface area contributed by atoms with Crippen molar-refractivity contribution in [2.45, 2.75) is 102 Å². The van der Waals surface area contributed by atoms with E-state index in [9.17, 15) is 9.59 Å². The summed E-state index contributed by atoms with van der Waals surface area (Å²) in [7, 11) is 0. The van der Waals surface area contributed by atoms with Gasteiger partial charge in [-0.2, -0.15) is 0 Å². The molecule has 2 aliphatic carbocycles. The summed E-state index contributed by atoms with van der Waals surface area (Å²) in [5.74, 6) is 1.23. The normalized spacial score (nSPS) is 16.9. The fourth-order valence-corrected chi connectivity index (χ4v) is 6.45. The number of fused-ring (bicyclic) bond motifs is 1. The number of rotatable bonds is 10. The third kappa shape index (κ3) is 6.64. The van der Waals surface area contributed by atoms with Crippen molar-refractivity contribution in [2.24, 2.45) is 0 Å². The Bertz CT molecular complexity index is 1170. The molecule has 6 heteroatoms. The third-order valence-electron chi connectivity index (χ3n) is 8.36. The predicted octanol–water partition coefficient (Wildman–Crippen LogP) is 5.82. The standard InChI is InChI=1S/C32H42N4O2/c37-31(23-25-13-4-1-5-14-25)33-22-12-21-30-34-28-19-10-11-20-29(28)35(30)24-32(38)36(26-15-6-2-7-16-26)27-17-8-3-9-18-27/h1,4-5,10-11,13-14,19-20,26-27H,2-3,6-9,12,15-18,21-24H2,(H,33,37). The fourth-order valence-electron chi connectivity index (χ4n) is 6.45. The Hall–Kier alpha value is -3.15. The number of amides is 2. The van der Waals surface area contributed by atoms with E-state index in [-0.39, 0.29) is 11.8 Å². The van der Waals surface area contributed by atoms with Gasteiger partial charge in [0.2, 0.25) is 11.8 Å². The van der Waals surface area contributed by atoms with E-state index in [4.69, 9.17) is 4.98 Å². The van der Waals surface area contributed by atoms with Crippen molar-refractivity contribution in [2.75, 3.05) is 6.54 Å². The van der Waals surface area contributed by atoms with E-state index < -0.39 is 0 Å².